The highest BCUT2D eigenvalue weighted by Gasteiger charge is 2.36. The first-order chi connectivity index (χ1) is 4.63. The Morgan fingerprint density at radius 3 is 1.85 bits per heavy atom. The van der Waals surface area contributed by atoms with Gasteiger partial charge in [0.1, 0.15) is 0 Å². The summed E-state index contributed by atoms with van der Waals surface area (Å²) in [5.74, 6) is -1.07. The predicted molar refractivity (Wildman–Crippen MR) is 52.0 cm³/mol. The molecule has 82 valence electrons. The molecule has 0 aromatic rings. The fourth-order valence-electron chi connectivity index (χ4n) is 1.27. The molecular formula is C6H15Cl2NO4. The van der Waals surface area contributed by atoms with Gasteiger partial charge in [0.15, 0.2) is 0 Å². The average Bonchev–Trinajstić information content (AvgIpc) is 2.14. The number of rotatable bonds is 1. The lowest BCUT2D eigenvalue weighted by Gasteiger charge is -2.11. The maximum absolute atomic E-state index is 10.5. The van der Waals surface area contributed by atoms with Crippen molar-refractivity contribution in [2.75, 3.05) is 0 Å². The number of aliphatic hydroxyl groups excluding tert-OH is 2. The number of primary amides is 1. The van der Waals surface area contributed by atoms with Crippen molar-refractivity contribution in [3.8, 4) is 0 Å². The zero-order valence-electron chi connectivity index (χ0n) is 6.84. The Morgan fingerprint density at radius 2 is 1.69 bits per heavy atom. The lowest BCUT2D eigenvalue weighted by atomic mass is 10.1. The van der Waals surface area contributed by atoms with Gasteiger partial charge in [-0.15, -0.1) is 24.8 Å². The maximum Gasteiger partial charge on any atom is 0.223 e. The number of aliphatic hydroxyl groups is 2. The summed E-state index contributed by atoms with van der Waals surface area (Å²) in [6.07, 6.45) is -0.748. The topological polar surface area (TPSA) is 115 Å². The zero-order valence-corrected chi connectivity index (χ0v) is 8.48. The quantitative estimate of drug-likeness (QED) is 0.521. The number of hydrogen-bond donors (Lipinski definition) is 3. The van der Waals surface area contributed by atoms with Crippen LogP contribution in [0.15, 0.2) is 0 Å². The fraction of sp³-hybridized carbons (Fsp3) is 0.833. The van der Waals surface area contributed by atoms with Crippen LogP contribution < -0.4 is 5.73 Å². The largest absolute Gasteiger partial charge is 0.412 e. The SMILES string of the molecule is Cl.Cl.NC(=O)C1CCC(O)C1O.O. The van der Waals surface area contributed by atoms with Crippen LogP contribution in [-0.2, 0) is 4.79 Å². The van der Waals surface area contributed by atoms with E-state index in [9.17, 15) is 4.79 Å². The van der Waals surface area contributed by atoms with Gasteiger partial charge in [-0.25, -0.2) is 0 Å². The molecule has 0 spiro atoms. The summed E-state index contributed by atoms with van der Waals surface area (Å²) in [6.45, 7) is 0. The number of hydrogen-bond acceptors (Lipinski definition) is 3. The second-order valence-electron chi connectivity index (χ2n) is 2.64. The summed E-state index contributed by atoms with van der Waals surface area (Å²) in [4.78, 5) is 10.5. The van der Waals surface area contributed by atoms with Crippen LogP contribution >= 0.6 is 24.8 Å². The molecule has 0 aliphatic heterocycles. The Balaban J connectivity index is -0.000000333. The van der Waals surface area contributed by atoms with Crippen molar-refractivity contribution >= 4 is 30.7 Å². The number of amides is 1. The summed E-state index contributed by atoms with van der Waals surface area (Å²) < 4.78 is 0. The molecule has 6 N–H and O–H groups in total. The molecule has 0 heterocycles. The van der Waals surface area contributed by atoms with Crippen LogP contribution in [0, 0.1) is 5.92 Å². The molecule has 13 heavy (non-hydrogen) atoms. The van der Waals surface area contributed by atoms with Crippen LogP contribution in [0.25, 0.3) is 0 Å². The highest BCUT2D eigenvalue weighted by atomic mass is 35.5. The van der Waals surface area contributed by atoms with Crippen molar-refractivity contribution in [1.29, 1.82) is 0 Å². The molecule has 0 saturated heterocycles. The van der Waals surface area contributed by atoms with Crippen LogP contribution in [0.3, 0.4) is 0 Å². The van der Waals surface area contributed by atoms with Gasteiger partial charge < -0.3 is 21.4 Å². The van der Waals surface area contributed by atoms with Crippen LogP contribution in [-0.4, -0.2) is 33.8 Å². The molecular weight excluding hydrogens is 221 g/mol. The third-order valence-electron chi connectivity index (χ3n) is 1.95. The average molecular weight is 236 g/mol. The molecule has 0 radical (unpaired) electrons. The van der Waals surface area contributed by atoms with Gasteiger partial charge in [-0.2, -0.15) is 0 Å². The van der Waals surface area contributed by atoms with E-state index in [1.165, 1.54) is 0 Å². The maximum atomic E-state index is 10.5. The molecule has 1 aliphatic rings. The van der Waals surface area contributed by atoms with Gasteiger partial charge in [0.05, 0.1) is 18.1 Å². The van der Waals surface area contributed by atoms with Crippen LogP contribution in [0.1, 0.15) is 12.8 Å². The molecule has 3 unspecified atom stereocenters. The Morgan fingerprint density at radius 1 is 1.23 bits per heavy atom. The fourth-order valence-corrected chi connectivity index (χ4v) is 1.27. The normalized spacial score (nSPS) is 30.8. The van der Waals surface area contributed by atoms with Crippen molar-refractivity contribution in [1.82, 2.24) is 0 Å². The molecule has 1 amide bonds. The van der Waals surface area contributed by atoms with Gasteiger partial charge in [-0.3, -0.25) is 4.79 Å². The summed E-state index contributed by atoms with van der Waals surface area (Å²) in [6, 6.07) is 0. The monoisotopic (exact) mass is 235 g/mol. The van der Waals surface area contributed by atoms with Gasteiger partial charge in [0.25, 0.3) is 0 Å². The summed E-state index contributed by atoms with van der Waals surface area (Å²) in [5.41, 5.74) is 4.94. The predicted octanol–water partition coefficient (Wildman–Crippen LogP) is -1.38. The third kappa shape index (κ3) is 4.10. The van der Waals surface area contributed by atoms with E-state index in [1.807, 2.05) is 0 Å². The Kier molecular flexibility index (Phi) is 10.5. The first-order valence-electron chi connectivity index (χ1n) is 3.28. The third-order valence-corrected chi connectivity index (χ3v) is 1.95. The zero-order chi connectivity index (χ0) is 7.72. The van der Waals surface area contributed by atoms with Gasteiger partial charge in [0, 0.05) is 0 Å². The molecule has 0 bridgehead atoms. The highest BCUT2D eigenvalue weighted by Crippen LogP contribution is 2.25. The summed E-state index contributed by atoms with van der Waals surface area (Å²) >= 11 is 0. The van der Waals surface area contributed by atoms with Crippen LogP contribution in [0.4, 0.5) is 0 Å². The van der Waals surface area contributed by atoms with E-state index in [0.29, 0.717) is 12.8 Å². The number of halogens is 2. The van der Waals surface area contributed by atoms with Gasteiger partial charge in [0.2, 0.25) is 5.91 Å². The van der Waals surface area contributed by atoms with E-state index in [-0.39, 0.29) is 30.3 Å². The van der Waals surface area contributed by atoms with Crippen molar-refractivity contribution in [3.05, 3.63) is 0 Å². The van der Waals surface area contributed by atoms with Crippen molar-refractivity contribution in [2.45, 2.75) is 25.0 Å². The van der Waals surface area contributed by atoms with Crippen LogP contribution in [0.5, 0.6) is 0 Å². The minimum absolute atomic E-state index is 0. The van der Waals surface area contributed by atoms with E-state index in [1.54, 1.807) is 0 Å². The second kappa shape index (κ2) is 7.34. The van der Waals surface area contributed by atoms with Crippen molar-refractivity contribution < 1.29 is 20.5 Å². The number of carbonyl (C=O) groups is 1. The van der Waals surface area contributed by atoms with E-state index in [2.05, 4.69) is 0 Å². The van der Waals surface area contributed by atoms with Gasteiger partial charge >= 0.3 is 0 Å². The highest BCUT2D eigenvalue weighted by molar-refractivity contribution is 5.85. The second-order valence-corrected chi connectivity index (χ2v) is 2.64. The lowest BCUT2D eigenvalue weighted by molar-refractivity contribution is -0.125. The van der Waals surface area contributed by atoms with Crippen molar-refractivity contribution in [3.63, 3.8) is 0 Å². The molecule has 1 saturated carbocycles. The summed E-state index contributed by atoms with van der Waals surface area (Å²) in [7, 11) is 0. The Labute approximate surface area is 88.4 Å². The van der Waals surface area contributed by atoms with Gasteiger partial charge in [-0.1, -0.05) is 0 Å². The molecule has 1 aliphatic carbocycles. The lowest BCUT2D eigenvalue weighted by Crippen LogP contribution is -2.34. The smallest absolute Gasteiger partial charge is 0.223 e. The Bertz CT molecular complexity index is 158. The van der Waals surface area contributed by atoms with Gasteiger partial charge in [-0.05, 0) is 12.8 Å². The van der Waals surface area contributed by atoms with E-state index < -0.39 is 24.0 Å². The standard InChI is InChI=1S/C6H11NO3.2ClH.H2O/c7-6(10)3-1-2-4(8)5(3)9;;;/h3-5,8-9H,1-2H2,(H2,7,10);2*1H;1H2. The minimum atomic E-state index is -0.947. The van der Waals surface area contributed by atoms with E-state index >= 15 is 0 Å². The minimum Gasteiger partial charge on any atom is -0.412 e. The first-order valence-corrected chi connectivity index (χ1v) is 3.28. The molecule has 0 aromatic carbocycles. The van der Waals surface area contributed by atoms with E-state index in [4.69, 9.17) is 15.9 Å². The molecule has 1 fully saturated rings. The Hall–Kier alpha value is -0.0700. The number of carbonyl (C=O) groups excluding carboxylic acids is 1. The van der Waals surface area contributed by atoms with Crippen LogP contribution in [0.2, 0.25) is 0 Å². The summed E-state index contributed by atoms with van der Waals surface area (Å²) in [5, 5.41) is 18.0. The molecule has 3 atom stereocenters. The molecule has 0 aromatic heterocycles. The first kappa shape index (κ1) is 18.7. The molecule has 7 heteroatoms. The molecule has 5 nitrogen and oxygen atoms in total. The van der Waals surface area contributed by atoms with Crippen molar-refractivity contribution in [2.24, 2.45) is 11.7 Å². The van der Waals surface area contributed by atoms with E-state index in [0.717, 1.165) is 0 Å². The number of nitrogens with two attached hydrogens (primary N) is 1. The molecule has 1 rings (SSSR count).